The Morgan fingerprint density at radius 2 is 1.85 bits per heavy atom. The van der Waals surface area contributed by atoms with Gasteiger partial charge in [0.15, 0.2) is 0 Å². The van der Waals surface area contributed by atoms with Crippen molar-refractivity contribution in [3.8, 4) is 0 Å². The molecule has 0 spiro atoms. The second-order valence-corrected chi connectivity index (χ2v) is 6.92. The lowest BCUT2D eigenvalue weighted by Gasteiger charge is -2.40. The first-order valence-corrected chi connectivity index (χ1v) is 8.86. The van der Waals surface area contributed by atoms with E-state index < -0.39 is 0 Å². The van der Waals surface area contributed by atoms with Gasteiger partial charge in [-0.3, -0.25) is 0 Å². The van der Waals surface area contributed by atoms with E-state index in [9.17, 15) is 5.11 Å². The second kappa shape index (κ2) is 8.35. The van der Waals surface area contributed by atoms with Crippen LogP contribution >= 0.6 is 0 Å². The minimum absolute atomic E-state index is 0.0463. The van der Waals surface area contributed by atoms with Gasteiger partial charge in [-0.25, -0.2) is 0 Å². The number of aliphatic hydroxyl groups excluding tert-OH is 1. The molecule has 2 rings (SSSR count). The van der Waals surface area contributed by atoms with Crippen molar-refractivity contribution in [3.63, 3.8) is 0 Å². The zero-order chi connectivity index (χ0) is 14.4. The Balaban J connectivity index is 1.85. The molecule has 3 unspecified atom stereocenters. The van der Waals surface area contributed by atoms with Crippen molar-refractivity contribution in [3.05, 3.63) is 0 Å². The molecule has 0 bridgehead atoms. The van der Waals surface area contributed by atoms with Crippen LogP contribution in [0.25, 0.3) is 0 Å². The summed E-state index contributed by atoms with van der Waals surface area (Å²) in [5.41, 5.74) is 0. The maximum atomic E-state index is 9.64. The molecule has 1 saturated carbocycles. The highest BCUT2D eigenvalue weighted by atomic mass is 16.3. The third-order valence-corrected chi connectivity index (χ3v) is 5.30. The number of piperidine rings is 1. The van der Waals surface area contributed by atoms with Gasteiger partial charge >= 0.3 is 0 Å². The van der Waals surface area contributed by atoms with Crippen molar-refractivity contribution in [2.45, 2.75) is 70.9 Å². The van der Waals surface area contributed by atoms with Crippen LogP contribution in [0.4, 0.5) is 0 Å². The summed E-state index contributed by atoms with van der Waals surface area (Å²) in [5.74, 6) is 1.77. The largest absolute Gasteiger partial charge is 0.393 e. The molecule has 118 valence electrons. The van der Waals surface area contributed by atoms with Crippen LogP contribution in [0.1, 0.15) is 58.8 Å². The Kier molecular flexibility index (Phi) is 6.79. The summed E-state index contributed by atoms with van der Waals surface area (Å²) < 4.78 is 0. The van der Waals surface area contributed by atoms with Crippen molar-refractivity contribution in [1.29, 1.82) is 0 Å². The van der Waals surface area contributed by atoms with Gasteiger partial charge in [0.25, 0.3) is 0 Å². The summed E-state index contributed by atoms with van der Waals surface area (Å²) >= 11 is 0. The first-order valence-electron chi connectivity index (χ1n) is 8.86. The van der Waals surface area contributed by atoms with Crippen LogP contribution in [0.3, 0.4) is 0 Å². The monoisotopic (exact) mass is 282 g/mol. The summed E-state index contributed by atoms with van der Waals surface area (Å²) in [6.45, 7) is 9.07. The quantitative estimate of drug-likeness (QED) is 0.786. The Morgan fingerprint density at radius 3 is 2.50 bits per heavy atom. The van der Waals surface area contributed by atoms with Crippen LogP contribution in [0.2, 0.25) is 0 Å². The van der Waals surface area contributed by atoms with E-state index in [1.807, 2.05) is 0 Å². The third-order valence-electron chi connectivity index (χ3n) is 5.30. The predicted molar refractivity (Wildman–Crippen MR) is 84.9 cm³/mol. The fourth-order valence-corrected chi connectivity index (χ4v) is 4.20. The molecule has 0 radical (unpaired) electrons. The molecule has 0 aromatic rings. The van der Waals surface area contributed by atoms with Gasteiger partial charge in [-0.2, -0.15) is 0 Å². The van der Waals surface area contributed by atoms with Gasteiger partial charge in [-0.05, 0) is 50.5 Å². The maximum Gasteiger partial charge on any atom is 0.0564 e. The molecule has 0 aromatic carbocycles. The Hall–Kier alpha value is -0.120. The predicted octanol–water partition coefficient (Wildman–Crippen LogP) is 2.64. The van der Waals surface area contributed by atoms with Gasteiger partial charge in [-0.15, -0.1) is 0 Å². The molecule has 0 aromatic heterocycles. The number of hydrogen-bond donors (Lipinski definition) is 2. The third kappa shape index (κ3) is 4.71. The van der Waals surface area contributed by atoms with E-state index in [-0.39, 0.29) is 6.10 Å². The molecule has 3 atom stereocenters. The highest BCUT2D eigenvalue weighted by Gasteiger charge is 2.31. The van der Waals surface area contributed by atoms with E-state index in [1.165, 1.54) is 38.6 Å². The zero-order valence-electron chi connectivity index (χ0n) is 13.5. The SMILES string of the molecule is CCCC1CCC(NCC)C(CN2CCC(O)CC2)C1. The summed E-state index contributed by atoms with van der Waals surface area (Å²) in [6, 6.07) is 0.722. The summed E-state index contributed by atoms with van der Waals surface area (Å²) in [5, 5.41) is 13.4. The molecule has 1 aliphatic heterocycles. The van der Waals surface area contributed by atoms with Gasteiger partial charge in [0.2, 0.25) is 0 Å². The van der Waals surface area contributed by atoms with Crippen molar-refractivity contribution < 1.29 is 5.11 Å². The maximum absolute atomic E-state index is 9.64. The van der Waals surface area contributed by atoms with E-state index >= 15 is 0 Å². The lowest BCUT2D eigenvalue weighted by atomic mass is 9.76. The molecule has 3 heteroatoms. The highest BCUT2D eigenvalue weighted by Crippen LogP contribution is 2.33. The number of hydrogen-bond acceptors (Lipinski definition) is 3. The van der Waals surface area contributed by atoms with Gasteiger partial charge in [0.05, 0.1) is 6.10 Å². The number of nitrogens with zero attached hydrogens (tertiary/aromatic N) is 1. The molecule has 3 nitrogen and oxygen atoms in total. The molecule has 2 fully saturated rings. The van der Waals surface area contributed by atoms with Crippen LogP contribution < -0.4 is 5.32 Å². The molecular weight excluding hydrogens is 248 g/mol. The van der Waals surface area contributed by atoms with Gasteiger partial charge in [0.1, 0.15) is 0 Å². The van der Waals surface area contributed by atoms with E-state index in [2.05, 4.69) is 24.1 Å². The minimum atomic E-state index is -0.0463. The Morgan fingerprint density at radius 1 is 1.10 bits per heavy atom. The van der Waals surface area contributed by atoms with Gasteiger partial charge in [0, 0.05) is 25.7 Å². The van der Waals surface area contributed by atoms with Crippen molar-refractivity contribution in [1.82, 2.24) is 10.2 Å². The van der Waals surface area contributed by atoms with E-state index in [1.54, 1.807) is 0 Å². The van der Waals surface area contributed by atoms with Crippen molar-refractivity contribution in [2.24, 2.45) is 11.8 Å². The number of likely N-dealkylation sites (tertiary alicyclic amines) is 1. The molecule has 0 amide bonds. The second-order valence-electron chi connectivity index (χ2n) is 6.92. The van der Waals surface area contributed by atoms with Crippen LogP contribution in [-0.4, -0.2) is 48.3 Å². The van der Waals surface area contributed by atoms with Crippen LogP contribution in [0.15, 0.2) is 0 Å². The Bertz CT molecular complexity index is 264. The molecule has 2 aliphatic rings. The lowest BCUT2D eigenvalue weighted by Crippen LogP contribution is -2.47. The van der Waals surface area contributed by atoms with E-state index in [0.717, 1.165) is 50.4 Å². The topological polar surface area (TPSA) is 35.5 Å². The summed E-state index contributed by atoms with van der Waals surface area (Å²) in [4.78, 5) is 2.59. The van der Waals surface area contributed by atoms with Gasteiger partial charge in [-0.1, -0.05) is 26.7 Å². The van der Waals surface area contributed by atoms with Gasteiger partial charge < -0.3 is 15.3 Å². The fraction of sp³-hybridized carbons (Fsp3) is 1.00. The van der Waals surface area contributed by atoms with Crippen LogP contribution in [0.5, 0.6) is 0 Å². The molecule has 1 saturated heterocycles. The molecule has 1 heterocycles. The van der Waals surface area contributed by atoms with Crippen molar-refractivity contribution >= 4 is 0 Å². The molecule has 2 N–H and O–H groups in total. The standard InChI is InChI=1S/C17H34N2O/c1-3-5-14-6-7-17(18-4-2)15(12-14)13-19-10-8-16(20)9-11-19/h14-18,20H,3-13H2,1-2H3. The summed E-state index contributed by atoms with van der Waals surface area (Å²) in [7, 11) is 0. The van der Waals surface area contributed by atoms with Crippen molar-refractivity contribution in [2.75, 3.05) is 26.2 Å². The fourth-order valence-electron chi connectivity index (χ4n) is 4.20. The first-order chi connectivity index (χ1) is 9.72. The smallest absolute Gasteiger partial charge is 0.0564 e. The number of rotatable bonds is 6. The molecule has 1 aliphatic carbocycles. The normalized spacial score (nSPS) is 33.5. The lowest BCUT2D eigenvalue weighted by molar-refractivity contribution is 0.0605. The average molecular weight is 282 g/mol. The van der Waals surface area contributed by atoms with E-state index in [4.69, 9.17) is 0 Å². The summed E-state index contributed by atoms with van der Waals surface area (Å²) in [6.07, 6.45) is 8.82. The molecular formula is C17H34N2O. The average Bonchev–Trinajstić information content (AvgIpc) is 2.45. The minimum Gasteiger partial charge on any atom is -0.393 e. The highest BCUT2D eigenvalue weighted by molar-refractivity contribution is 4.87. The number of aliphatic hydroxyl groups is 1. The molecule has 20 heavy (non-hydrogen) atoms. The first kappa shape index (κ1) is 16.3. The number of nitrogens with one attached hydrogen (secondary N) is 1. The zero-order valence-corrected chi connectivity index (χ0v) is 13.5. The van der Waals surface area contributed by atoms with Crippen LogP contribution in [-0.2, 0) is 0 Å². The Labute approximate surface area is 125 Å². The van der Waals surface area contributed by atoms with E-state index in [0.29, 0.717) is 0 Å². The van der Waals surface area contributed by atoms with Crippen LogP contribution in [0, 0.1) is 11.8 Å².